The van der Waals surface area contributed by atoms with Crippen molar-refractivity contribution >= 4 is 7.92 Å². The zero-order valence-electron chi connectivity index (χ0n) is 4.60. The van der Waals surface area contributed by atoms with Gasteiger partial charge in [-0.15, -0.1) is 0 Å². The predicted octanol–water partition coefficient (Wildman–Crippen LogP) is 1.03. The van der Waals surface area contributed by atoms with E-state index in [9.17, 15) is 0 Å². The Morgan fingerprint density at radius 3 is 1.67 bits per heavy atom. The fourth-order valence-electron chi connectivity index (χ4n) is 0. The number of hydrogen-bond acceptors (Lipinski definition) is 1. The molecule has 2 heteroatoms. The summed E-state index contributed by atoms with van der Waals surface area (Å²) in [5.74, 6) is 0.417. The summed E-state index contributed by atoms with van der Waals surface area (Å²) < 4.78 is 0. The molecule has 2 N–H and O–H groups in total. The van der Waals surface area contributed by atoms with Crippen molar-refractivity contribution in [3.63, 3.8) is 0 Å². The van der Waals surface area contributed by atoms with Crippen LogP contribution in [-0.4, -0.2) is 19.1 Å². The molecule has 0 fully saturated rings. The van der Waals surface area contributed by atoms with Crippen molar-refractivity contribution in [2.45, 2.75) is 12.7 Å². The Morgan fingerprint density at radius 2 is 1.67 bits per heavy atom. The first-order chi connectivity index (χ1) is 2.64. The van der Waals surface area contributed by atoms with E-state index < -0.39 is 0 Å². The average Bonchev–Trinajstić information content (AvgIpc) is 1.36. The van der Waals surface area contributed by atoms with E-state index in [0.29, 0.717) is 5.78 Å². The first-order valence-electron chi connectivity index (χ1n) is 2.06. The van der Waals surface area contributed by atoms with Gasteiger partial charge in [0.2, 0.25) is 0 Å². The normalized spacial score (nSPS) is 15.5. The van der Waals surface area contributed by atoms with Gasteiger partial charge >= 0.3 is 0 Å². The van der Waals surface area contributed by atoms with E-state index in [1.807, 2.05) is 6.92 Å². The van der Waals surface area contributed by atoms with Crippen LogP contribution >= 0.6 is 7.92 Å². The summed E-state index contributed by atoms with van der Waals surface area (Å²) in [6, 6.07) is 0. The maximum Gasteiger partial charge on any atom is 0.0208 e. The second-order valence-corrected chi connectivity index (χ2v) is 4.45. The standard InChI is InChI=1S/C4H12NP/c1-4(5)6(2)3/h4H,5H2,1-3H3. The Morgan fingerprint density at radius 1 is 1.50 bits per heavy atom. The van der Waals surface area contributed by atoms with Gasteiger partial charge in [-0.2, -0.15) is 0 Å². The van der Waals surface area contributed by atoms with Gasteiger partial charge in [-0.25, -0.2) is 0 Å². The lowest BCUT2D eigenvalue weighted by atomic mass is 10.8. The molecular weight excluding hydrogens is 93.0 g/mol. The molecule has 0 aliphatic heterocycles. The molecule has 1 atom stereocenters. The fourth-order valence-corrected chi connectivity index (χ4v) is 0. The highest BCUT2D eigenvalue weighted by atomic mass is 31.1. The van der Waals surface area contributed by atoms with Gasteiger partial charge in [0.15, 0.2) is 0 Å². The lowest BCUT2D eigenvalue weighted by Crippen LogP contribution is -2.10. The van der Waals surface area contributed by atoms with E-state index in [4.69, 9.17) is 5.73 Å². The molecule has 0 aromatic carbocycles. The van der Waals surface area contributed by atoms with Crippen molar-refractivity contribution in [2.24, 2.45) is 5.73 Å². The highest BCUT2D eigenvalue weighted by molar-refractivity contribution is 7.56. The van der Waals surface area contributed by atoms with E-state index in [1.54, 1.807) is 0 Å². The van der Waals surface area contributed by atoms with Gasteiger partial charge in [0.25, 0.3) is 0 Å². The maximum atomic E-state index is 5.46. The third kappa shape index (κ3) is 2.62. The molecule has 0 radical (unpaired) electrons. The Bertz CT molecular complexity index is 28.5. The average molecular weight is 105 g/mol. The fraction of sp³-hybridized carbons (Fsp3) is 1.00. The molecular formula is C4H12NP. The van der Waals surface area contributed by atoms with Crippen molar-refractivity contribution in [3.8, 4) is 0 Å². The van der Waals surface area contributed by atoms with Crippen LogP contribution in [0.3, 0.4) is 0 Å². The second-order valence-electron chi connectivity index (χ2n) is 1.70. The molecule has 0 spiro atoms. The lowest BCUT2D eigenvalue weighted by molar-refractivity contribution is 1.03. The molecule has 0 saturated carbocycles. The molecule has 0 heterocycles. The zero-order chi connectivity index (χ0) is 5.15. The number of nitrogens with two attached hydrogens (primary N) is 1. The molecule has 0 rings (SSSR count). The van der Waals surface area contributed by atoms with Gasteiger partial charge in [-0.1, -0.05) is 7.92 Å². The van der Waals surface area contributed by atoms with Crippen LogP contribution in [0.1, 0.15) is 6.92 Å². The van der Waals surface area contributed by atoms with Gasteiger partial charge in [0, 0.05) is 5.78 Å². The van der Waals surface area contributed by atoms with Crippen LogP contribution in [0, 0.1) is 0 Å². The van der Waals surface area contributed by atoms with Gasteiger partial charge in [0.05, 0.1) is 0 Å². The van der Waals surface area contributed by atoms with Crippen LogP contribution in [0.25, 0.3) is 0 Å². The zero-order valence-corrected chi connectivity index (χ0v) is 5.50. The van der Waals surface area contributed by atoms with E-state index >= 15 is 0 Å². The number of hydrogen-bond donors (Lipinski definition) is 1. The minimum Gasteiger partial charge on any atom is -0.324 e. The van der Waals surface area contributed by atoms with Crippen molar-refractivity contribution in [1.82, 2.24) is 0 Å². The minimum absolute atomic E-state index is 0.118. The summed E-state index contributed by atoms with van der Waals surface area (Å²) in [4.78, 5) is 0. The SMILES string of the molecule is CC(N)P(C)C. The van der Waals surface area contributed by atoms with Crippen molar-refractivity contribution in [1.29, 1.82) is 0 Å². The summed E-state index contributed by atoms with van der Waals surface area (Å²) >= 11 is 0. The smallest absolute Gasteiger partial charge is 0.0208 e. The van der Waals surface area contributed by atoms with Crippen molar-refractivity contribution < 1.29 is 0 Å². The molecule has 0 amide bonds. The minimum atomic E-state index is 0.118. The predicted molar refractivity (Wildman–Crippen MR) is 32.4 cm³/mol. The first kappa shape index (κ1) is 6.39. The molecule has 38 valence electrons. The third-order valence-electron chi connectivity index (χ3n) is 0.815. The van der Waals surface area contributed by atoms with Crippen LogP contribution in [0.4, 0.5) is 0 Å². The molecule has 6 heavy (non-hydrogen) atoms. The summed E-state index contributed by atoms with van der Waals surface area (Å²) in [6.07, 6.45) is 0. The summed E-state index contributed by atoms with van der Waals surface area (Å²) in [6.45, 7) is 6.41. The molecule has 0 saturated heterocycles. The van der Waals surface area contributed by atoms with Gasteiger partial charge < -0.3 is 5.73 Å². The molecule has 1 nitrogen and oxygen atoms in total. The molecule has 0 aliphatic carbocycles. The maximum absolute atomic E-state index is 5.46. The van der Waals surface area contributed by atoms with Crippen molar-refractivity contribution in [2.75, 3.05) is 13.3 Å². The van der Waals surface area contributed by atoms with Crippen LogP contribution in [0.2, 0.25) is 0 Å². The quantitative estimate of drug-likeness (QED) is 0.495. The van der Waals surface area contributed by atoms with Crippen LogP contribution in [0.15, 0.2) is 0 Å². The lowest BCUT2D eigenvalue weighted by Gasteiger charge is -2.07. The summed E-state index contributed by atoms with van der Waals surface area (Å²) in [5, 5.41) is 0. The Hall–Kier alpha value is 0.390. The number of rotatable bonds is 1. The molecule has 0 bridgehead atoms. The van der Waals surface area contributed by atoms with Crippen LogP contribution in [-0.2, 0) is 0 Å². The van der Waals surface area contributed by atoms with Crippen LogP contribution < -0.4 is 5.73 Å². The second kappa shape index (κ2) is 2.54. The van der Waals surface area contributed by atoms with Gasteiger partial charge in [-0.3, -0.25) is 0 Å². The van der Waals surface area contributed by atoms with E-state index in [1.165, 1.54) is 0 Å². The Balaban J connectivity index is 2.99. The first-order valence-corrected chi connectivity index (χ1v) is 4.37. The van der Waals surface area contributed by atoms with E-state index in [-0.39, 0.29) is 7.92 Å². The van der Waals surface area contributed by atoms with Crippen LogP contribution in [0.5, 0.6) is 0 Å². The summed E-state index contributed by atoms with van der Waals surface area (Å²) in [7, 11) is 0.118. The Labute approximate surface area is 40.7 Å². The summed E-state index contributed by atoms with van der Waals surface area (Å²) in [5.41, 5.74) is 5.46. The van der Waals surface area contributed by atoms with Gasteiger partial charge in [-0.05, 0) is 20.3 Å². The molecule has 0 aliphatic rings. The molecule has 0 aromatic heterocycles. The van der Waals surface area contributed by atoms with E-state index in [0.717, 1.165) is 0 Å². The van der Waals surface area contributed by atoms with E-state index in [2.05, 4.69) is 13.3 Å². The van der Waals surface area contributed by atoms with Gasteiger partial charge in [0.1, 0.15) is 0 Å². The third-order valence-corrected chi connectivity index (χ3v) is 2.44. The van der Waals surface area contributed by atoms with Crippen molar-refractivity contribution in [3.05, 3.63) is 0 Å². The Kier molecular flexibility index (Phi) is 2.71. The largest absolute Gasteiger partial charge is 0.324 e. The highest BCUT2D eigenvalue weighted by Gasteiger charge is 1.94. The topological polar surface area (TPSA) is 26.0 Å². The highest BCUT2D eigenvalue weighted by Crippen LogP contribution is 2.26. The molecule has 0 aromatic rings. The molecule has 1 unspecified atom stereocenters. The monoisotopic (exact) mass is 105 g/mol.